The molecule has 1 atom stereocenters. The fourth-order valence-electron chi connectivity index (χ4n) is 2.30. The lowest BCUT2D eigenvalue weighted by molar-refractivity contribution is -0.138. The van der Waals surface area contributed by atoms with E-state index in [0.717, 1.165) is 11.6 Å². The van der Waals surface area contributed by atoms with Crippen molar-refractivity contribution in [3.05, 3.63) is 65.2 Å². The SMILES string of the molecule is Cc1ccc(S(=O)(=O)OC(C)Cc2ccccc2C(F)(F)F)cc1. The molecule has 7 heteroatoms. The molecule has 2 aromatic carbocycles. The van der Waals surface area contributed by atoms with Gasteiger partial charge in [-0.25, -0.2) is 0 Å². The highest BCUT2D eigenvalue weighted by Gasteiger charge is 2.33. The summed E-state index contributed by atoms with van der Waals surface area (Å²) < 4.78 is 68.3. The molecule has 0 aromatic heterocycles. The molecular weight excluding hydrogens is 341 g/mol. The van der Waals surface area contributed by atoms with Crippen LogP contribution in [0.5, 0.6) is 0 Å². The van der Waals surface area contributed by atoms with Crippen LogP contribution < -0.4 is 0 Å². The lowest BCUT2D eigenvalue weighted by atomic mass is 10.0. The Morgan fingerprint density at radius 2 is 1.62 bits per heavy atom. The summed E-state index contributed by atoms with van der Waals surface area (Å²) in [5, 5.41) is 0. The molecule has 0 fully saturated rings. The third-order valence-corrected chi connectivity index (χ3v) is 4.86. The van der Waals surface area contributed by atoms with Gasteiger partial charge < -0.3 is 0 Å². The molecule has 0 radical (unpaired) electrons. The monoisotopic (exact) mass is 358 g/mol. The predicted octanol–water partition coefficient (Wildman–Crippen LogP) is 4.35. The predicted molar refractivity (Wildman–Crippen MR) is 84.1 cm³/mol. The van der Waals surface area contributed by atoms with E-state index < -0.39 is 28.0 Å². The normalized spacial score (nSPS) is 13.7. The number of benzene rings is 2. The van der Waals surface area contributed by atoms with Gasteiger partial charge in [-0.1, -0.05) is 35.9 Å². The van der Waals surface area contributed by atoms with Crippen molar-refractivity contribution in [2.24, 2.45) is 0 Å². The van der Waals surface area contributed by atoms with Gasteiger partial charge in [0.1, 0.15) is 0 Å². The van der Waals surface area contributed by atoms with Crippen molar-refractivity contribution in [1.29, 1.82) is 0 Å². The molecular formula is C17H17F3O3S. The minimum atomic E-state index is -4.49. The Morgan fingerprint density at radius 3 is 2.21 bits per heavy atom. The Morgan fingerprint density at radius 1 is 1.04 bits per heavy atom. The first-order chi connectivity index (χ1) is 11.1. The van der Waals surface area contributed by atoms with Gasteiger partial charge in [-0.05, 0) is 37.6 Å². The van der Waals surface area contributed by atoms with Crippen molar-refractivity contribution in [3.63, 3.8) is 0 Å². The molecule has 0 amide bonds. The van der Waals surface area contributed by atoms with E-state index in [9.17, 15) is 21.6 Å². The maximum absolute atomic E-state index is 13.0. The summed E-state index contributed by atoms with van der Waals surface area (Å²) in [4.78, 5) is -0.0240. The Balaban J connectivity index is 2.17. The second-order valence-electron chi connectivity index (χ2n) is 5.53. The summed E-state index contributed by atoms with van der Waals surface area (Å²) in [6, 6.07) is 11.1. The maximum Gasteiger partial charge on any atom is 0.416 e. The first-order valence-electron chi connectivity index (χ1n) is 7.24. The van der Waals surface area contributed by atoms with Crippen molar-refractivity contribution in [3.8, 4) is 0 Å². The summed E-state index contributed by atoms with van der Waals surface area (Å²) in [6.07, 6.45) is -5.59. The average molecular weight is 358 g/mol. The number of aryl methyl sites for hydroxylation is 1. The second-order valence-corrected chi connectivity index (χ2v) is 7.11. The Bertz CT molecular complexity index is 797. The zero-order chi connectivity index (χ0) is 18.0. The van der Waals surface area contributed by atoms with Crippen molar-refractivity contribution in [2.45, 2.75) is 37.4 Å². The lowest BCUT2D eigenvalue weighted by Crippen LogP contribution is -2.20. The zero-order valence-corrected chi connectivity index (χ0v) is 14.0. The van der Waals surface area contributed by atoms with E-state index in [1.54, 1.807) is 12.1 Å². The first-order valence-corrected chi connectivity index (χ1v) is 8.65. The van der Waals surface area contributed by atoms with Gasteiger partial charge in [-0.3, -0.25) is 4.18 Å². The van der Waals surface area contributed by atoms with Gasteiger partial charge in [0.2, 0.25) is 0 Å². The molecule has 0 saturated heterocycles. The van der Waals surface area contributed by atoms with Crippen LogP contribution in [0.2, 0.25) is 0 Å². The van der Waals surface area contributed by atoms with Gasteiger partial charge in [0.15, 0.2) is 0 Å². The van der Waals surface area contributed by atoms with E-state index in [-0.39, 0.29) is 16.9 Å². The van der Waals surface area contributed by atoms with Crippen molar-refractivity contribution >= 4 is 10.1 Å². The number of halogens is 3. The quantitative estimate of drug-likeness (QED) is 0.747. The zero-order valence-electron chi connectivity index (χ0n) is 13.2. The van der Waals surface area contributed by atoms with E-state index in [1.165, 1.54) is 37.3 Å². The highest BCUT2D eigenvalue weighted by atomic mass is 32.2. The molecule has 0 aliphatic carbocycles. The van der Waals surface area contributed by atoms with E-state index in [0.29, 0.717) is 0 Å². The third-order valence-electron chi connectivity index (χ3n) is 3.43. The molecule has 2 rings (SSSR count). The number of hydrogen-bond donors (Lipinski definition) is 0. The van der Waals surface area contributed by atoms with Crippen LogP contribution in [0, 0.1) is 6.92 Å². The van der Waals surface area contributed by atoms with Gasteiger partial charge in [-0.2, -0.15) is 21.6 Å². The standard InChI is InChI=1S/C17H17F3O3S/c1-12-7-9-15(10-8-12)24(21,22)23-13(2)11-14-5-3-4-6-16(14)17(18,19)20/h3-10,13H,11H2,1-2H3. The fourth-order valence-corrected chi connectivity index (χ4v) is 3.38. The molecule has 0 spiro atoms. The first kappa shape index (κ1) is 18.5. The smallest absolute Gasteiger partial charge is 0.263 e. The average Bonchev–Trinajstić information content (AvgIpc) is 2.46. The highest BCUT2D eigenvalue weighted by molar-refractivity contribution is 7.86. The Hall–Kier alpha value is -1.86. The fraction of sp³-hybridized carbons (Fsp3) is 0.294. The number of hydrogen-bond acceptors (Lipinski definition) is 3. The molecule has 130 valence electrons. The van der Waals surface area contributed by atoms with E-state index >= 15 is 0 Å². The molecule has 3 nitrogen and oxygen atoms in total. The van der Waals surface area contributed by atoms with Crippen LogP contribution in [0.4, 0.5) is 13.2 Å². The molecule has 0 aliphatic rings. The Kier molecular flexibility index (Phi) is 5.35. The molecule has 0 heterocycles. The highest BCUT2D eigenvalue weighted by Crippen LogP contribution is 2.32. The van der Waals surface area contributed by atoms with Crippen LogP contribution in [0.15, 0.2) is 53.4 Å². The Labute approximate surface area is 139 Å². The van der Waals surface area contributed by atoms with Crippen molar-refractivity contribution in [1.82, 2.24) is 0 Å². The van der Waals surface area contributed by atoms with Gasteiger partial charge in [0.05, 0.1) is 16.6 Å². The minimum Gasteiger partial charge on any atom is -0.263 e. The van der Waals surface area contributed by atoms with Crippen molar-refractivity contribution < 1.29 is 25.8 Å². The topological polar surface area (TPSA) is 43.4 Å². The molecule has 0 bridgehead atoms. The van der Waals surface area contributed by atoms with E-state index in [4.69, 9.17) is 4.18 Å². The number of alkyl halides is 3. The maximum atomic E-state index is 13.0. The molecule has 1 unspecified atom stereocenters. The van der Waals surface area contributed by atoms with E-state index in [1.807, 2.05) is 6.92 Å². The molecule has 0 aliphatic heterocycles. The van der Waals surface area contributed by atoms with E-state index in [2.05, 4.69) is 0 Å². The summed E-state index contributed by atoms with van der Waals surface area (Å²) >= 11 is 0. The minimum absolute atomic E-state index is 0.00314. The molecule has 2 aromatic rings. The molecule has 0 saturated carbocycles. The largest absolute Gasteiger partial charge is 0.416 e. The lowest BCUT2D eigenvalue weighted by Gasteiger charge is -2.17. The number of rotatable bonds is 5. The van der Waals surface area contributed by atoms with Crippen molar-refractivity contribution in [2.75, 3.05) is 0 Å². The summed E-state index contributed by atoms with van der Waals surface area (Å²) in [6.45, 7) is 3.24. The van der Waals surface area contributed by atoms with Gasteiger partial charge in [-0.15, -0.1) is 0 Å². The molecule has 0 N–H and O–H groups in total. The van der Waals surface area contributed by atoms with Crippen LogP contribution in [0.1, 0.15) is 23.6 Å². The summed E-state index contributed by atoms with van der Waals surface area (Å²) in [5.74, 6) is 0. The molecule has 24 heavy (non-hydrogen) atoms. The van der Waals surface area contributed by atoms with Gasteiger partial charge in [0, 0.05) is 6.42 Å². The van der Waals surface area contributed by atoms with Crippen LogP contribution in [0.25, 0.3) is 0 Å². The summed E-state index contributed by atoms with van der Waals surface area (Å²) in [5.41, 5.74) is 0.103. The van der Waals surface area contributed by atoms with Crippen LogP contribution >= 0.6 is 0 Å². The van der Waals surface area contributed by atoms with Gasteiger partial charge >= 0.3 is 6.18 Å². The second kappa shape index (κ2) is 6.94. The summed E-state index contributed by atoms with van der Waals surface area (Å²) in [7, 11) is -4.03. The third kappa shape index (κ3) is 4.58. The van der Waals surface area contributed by atoms with Crippen LogP contribution in [-0.2, 0) is 26.9 Å². The van der Waals surface area contributed by atoms with Crippen LogP contribution in [0.3, 0.4) is 0 Å². The van der Waals surface area contributed by atoms with Gasteiger partial charge in [0.25, 0.3) is 10.1 Å². The van der Waals surface area contributed by atoms with Crippen LogP contribution in [-0.4, -0.2) is 14.5 Å².